The van der Waals surface area contributed by atoms with Gasteiger partial charge in [-0.25, -0.2) is 4.98 Å². The highest BCUT2D eigenvalue weighted by Crippen LogP contribution is 2.14. The van der Waals surface area contributed by atoms with Crippen LogP contribution in [-0.2, 0) is 0 Å². The van der Waals surface area contributed by atoms with Crippen LogP contribution in [0.5, 0.6) is 0 Å². The van der Waals surface area contributed by atoms with Gasteiger partial charge in [0.05, 0.1) is 6.20 Å². The van der Waals surface area contributed by atoms with Crippen LogP contribution in [0.25, 0.3) is 0 Å². The van der Waals surface area contributed by atoms with Crippen molar-refractivity contribution in [1.29, 1.82) is 5.26 Å². The van der Waals surface area contributed by atoms with Crippen LogP contribution in [0.15, 0.2) is 27.1 Å². The van der Waals surface area contributed by atoms with Crippen LogP contribution in [0.3, 0.4) is 0 Å². The zero-order valence-corrected chi connectivity index (χ0v) is 10.5. The molecule has 1 heterocycles. The van der Waals surface area contributed by atoms with Crippen molar-refractivity contribution in [2.45, 2.75) is 18.6 Å². The van der Waals surface area contributed by atoms with E-state index in [2.05, 4.69) is 20.6 Å². The number of thioether (sulfide) groups is 1. The lowest BCUT2D eigenvalue weighted by Gasteiger charge is -2.06. The van der Waals surface area contributed by atoms with Crippen molar-refractivity contribution in [1.82, 2.24) is 15.6 Å². The molecule has 1 aromatic heterocycles. The summed E-state index contributed by atoms with van der Waals surface area (Å²) in [6, 6.07) is 0. The number of nitrogens with one attached hydrogen (secondary N) is 2. The summed E-state index contributed by atoms with van der Waals surface area (Å²) in [5, 5.41) is 14.7. The van der Waals surface area contributed by atoms with Crippen LogP contribution >= 0.6 is 11.8 Å². The lowest BCUT2D eigenvalue weighted by atomic mass is 10.5. The standard InChI is InChI=1S/C10H15N5OS/c1-2-12-9(15-8-11)13-4-3-7-17-10-14-5-6-16-10/h5-6H,2-4,7H2,1H3,(H2,12,13,15). The quantitative estimate of drug-likeness (QED) is 0.198. The average molecular weight is 253 g/mol. The zero-order chi connectivity index (χ0) is 12.3. The van der Waals surface area contributed by atoms with E-state index in [0.717, 1.165) is 18.7 Å². The molecule has 6 nitrogen and oxygen atoms in total. The molecule has 0 bridgehead atoms. The monoisotopic (exact) mass is 253 g/mol. The Hall–Kier alpha value is -1.68. The summed E-state index contributed by atoms with van der Waals surface area (Å²) >= 11 is 1.56. The van der Waals surface area contributed by atoms with E-state index in [-0.39, 0.29) is 0 Å². The van der Waals surface area contributed by atoms with Crippen molar-refractivity contribution in [2.75, 3.05) is 18.8 Å². The SMILES string of the molecule is CCN=C(NC#N)NCCCSc1ncco1. The first-order chi connectivity index (χ1) is 8.36. The highest BCUT2D eigenvalue weighted by molar-refractivity contribution is 7.99. The van der Waals surface area contributed by atoms with Crippen molar-refractivity contribution in [3.05, 3.63) is 12.5 Å². The Morgan fingerprint density at radius 3 is 3.24 bits per heavy atom. The molecule has 0 aliphatic rings. The van der Waals surface area contributed by atoms with E-state index in [9.17, 15) is 0 Å². The number of nitrogens with zero attached hydrogens (tertiary/aromatic N) is 3. The van der Waals surface area contributed by atoms with Crippen molar-refractivity contribution in [3.63, 3.8) is 0 Å². The maximum Gasteiger partial charge on any atom is 0.255 e. The second kappa shape index (κ2) is 8.47. The Balaban J connectivity index is 2.10. The van der Waals surface area contributed by atoms with Crippen LogP contribution in [0.2, 0.25) is 0 Å². The molecule has 0 unspecified atom stereocenters. The molecule has 7 heteroatoms. The Morgan fingerprint density at radius 2 is 2.59 bits per heavy atom. The van der Waals surface area contributed by atoms with Gasteiger partial charge in [-0.15, -0.1) is 0 Å². The molecule has 92 valence electrons. The molecule has 0 saturated heterocycles. The van der Waals surface area contributed by atoms with E-state index in [1.165, 1.54) is 0 Å². The Bertz CT molecular complexity index is 371. The molecule has 1 rings (SSSR count). The molecule has 0 aliphatic carbocycles. The summed E-state index contributed by atoms with van der Waals surface area (Å²) in [6.07, 6.45) is 5.96. The lowest BCUT2D eigenvalue weighted by Crippen LogP contribution is -2.35. The summed E-state index contributed by atoms with van der Waals surface area (Å²) < 4.78 is 5.09. The van der Waals surface area contributed by atoms with E-state index in [1.807, 2.05) is 13.1 Å². The van der Waals surface area contributed by atoms with Gasteiger partial charge in [0.25, 0.3) is 5.22 Å². The fraction of sp³-hybridized carbons (Fsp3) is 0.500. The van der Waals surface area contributed by atoms with Crippen molar-refractivity contribution in [2.24, 2.45) is 4.99 Å². The predicted molar refractivity (Wildman–Crippen MR) is 66.6 cm³/mol. The number of hydrogen-bond donors (Lipinski definition) is 2. The minimum absolute atomic E-state index is 0.524. The average Bonchev–Trinajstić information content (AvgIpc) is 2.82. The van der Waals surface area contributed by atoms with E-state index in [4.69, 9.17) is 9.68 Å². The molecular formula is C10H15N5OS. The van der Waals surface area contributed by atoms with Gasteiger partial charge in [0.15, 0.2) is 6.19 Å². The van der Waals surface area contributed by atoms with Crippen LogP contribution in [-0.4, -0.2) is 29.8 Å². The van der Waals surface area contributed by atoms with Crippen molar-refractivity contribution in [3.8, 4) is 6.19 Å². The van der Waals surface area contributed by atoms with Gasteiger partial charge in [-0.2, -0.15) is 5.26 Å². The Labute approximate surface area is 105 Å². The van der Waals surface area contributed by atoms with Gasteiger partial charge >= 0.3 is 0 Å². The van der Waals surface area contributed by atoms with Gasteiger partial charge in [-0.05, 0) is 13.3 Å². The van der Waals surface area contributed by atoms with E-state index in [1.54, 1.807) is 24.2 Å². The van der Waals surface area contributed by atoms with Gasteiger partial charge in [-0.3, -0.25) is 10.3 Å². The minimum atomic E-state index is 0.524. The first kappa shape index (κ1) is 13.4. The number of aromatic nitrogens is 1. The second-order valence-electron chi connectivity index (χ2n) is 2.99. The summed E-state index contributed by atoms with van der Waals surface area (Å²) in [7, 11) is 0. The third kappa shape index (κ3) is 5.82. The lowest BCUT2D eigenvalue weighted by molar-refractivity contribution is 0.454. The topological polar surface area (TPSA) is 86.2 Å². The largest absolute Gasteiger partial charge is 0.440 e. The van der Waals surface area contributed by atoms with Gasteiger partial charge in [0.1, 0.15) is 6.26 Å². The van der Waals surface area contributed by atoms with E-state index >= 15 is 0 Å². The number of rotatable bonds is 6. The molecular weight excluding hydrogens is 238 g/mol. The highest BCUT2D eigenvalue weighted by Gasteiger charge is 1.99. The molecule has 0 spiro atoms. The van der Waals surface area contributed by atoms with Gasteiger partial charge < -0.3 is 9.73 Å². The first-order valence-electron chi connectivity index (χ1n) is 5.32. The molecule has 1 aromatic rings. The maximum atomic E-state index is 8.48. The normalized spacial score (nSPS) is 10.9. The fourth-order valence-electron chi connectivity index (χ4n) is 1.07. The van der Waals surface area contributed by atoms with Gasteiger partial charge in [0, 0.05) is 18.8 Å². The number of aliphatic imine (C=N–C) groups is 1. The molecule has 0 atom stereocenters. The predicted octanol–water partition coefficient (Wildman–Crippen LogP) is 1.19. The van der Waals surface area contributed by atoms with E-state index < -0.39 is 0 Å². The number of guanidine groups is 1. The number of nitriles is 1. The summed E-state index contributed by atoms with van der Waals surface area (Å²) in [4.78, 5) is 8.10. The van der Waals surface area contributed by atoms with Crippen molar-refractivity contribution >= 4 is 17.7 Å². The van der Waals surface area contributed by atoms with E-state index in [0.29, 0.717) is 17.7 Å². The summed E-state index contributed by atoms with van der Waals surface area (Å²) in [5.74, 6) is 1.43. The number of hydrogen-bond acceptors (Lipinski definition) is 5. The summed E-state index contributed by atoms with van der Waals surface area (Å²) in [5.41, 5.74) is 0. The minimum Gasteiger partial charge on any atom is -0.440 e. The molecule has 0 fully saturated rings. The smallest absolute Gasteiger partial charge is 0.255 e. The zero-order valence-electron chi connectivity index (χ0n) is 9.64. The maximum absolute atomic E-state index is 8.48. The summed E-state index contributed by atoms with van der Waals surface area (Å²) in [6.45, 7) is 3.31. The number of oxazole rings is 1. The molecule has 0 aromatic carbocycles. The van der Waals surface area contributed by atoms with Crippen LogP contribution < -0.4 is 10.6 Å². The molecule has 2 N–H and O–H groups in total. The second-order valence-corrected chi connectivity index (χ2v) is 4.03. The molecule has 0 radical (unpaired) electrons. The molecule has 0 aliphatic heterocycles. The third-order valence-corrected chi connectivity index (χ3v) is 2.68. The fourth-order valence-corrected chi connectivity index (χ4v) is 1.79. The van der Waals surface area contributed by atoms with Gasteiger partial charge in [-0.1, -0.05) is 11.8 Å². The van der Waals surface area contributed by atoms with Crippen LogP contribution in [0.1, 0.15) is 13.3 Å². The molecule has 0 amide bonds. The van der Waals surface area contributed by atoms with Gasteiger partial charge in [0.2, 0.25) is 5.96 Å². The highest BCUT2D eigenvalue weighted by atomic mass is 32.2. The molecule has 17 heavy (non-hydrogen) atoms. The van der Waals surface area contributed by atoms with Crippen LogP contribution in [0, 0.1) is 11.5 Å². The van der Waals surface area contributed by atoms with Crippen molar-refractivity contribution < 1.29 is 4.42 Å². The Kier molecular flexibility index (Phi) is 6.67. The first-order valence-corrected chi connectivity index (χ1v) is 6.31. The third-order valence-electron chi connectivity index (χ3n) is 1.74. The van der Waals surface area contributed by atoms with Crippen LogP contribution in [0.4, 0.5) is 0 Å². The molecule has 0 saturated carbocycles. The Morgan fingerprint density at radius 1 is 1.71 bits per heavy atom.